The van der Waals surface area contributed by atoms with Crippen LogP contribution >= 0.6 is 27.3 Å². The molecule has 4 nitrogen and oxygen atoms in total. The maximum absolute atomic E-state index is 12.1. The fourth-order valence-electron chi connectivity index (χ4n) is 1.51. The summed E-state index contributed by atoms with van der Waals surface area (Å²) in [6.07, 6.45) is 3.50. The van der Waals surface area contributed by atoms with Crippen LogP contribution in [0.2, 0.25) is 0 Å². The Balaban J connectivity index is 2.82. The first-order valence-electron chi connectivity index (χ1n) is 6.57. The monoisotopic (exact) mass is 374 g/mol. The molecule has 0 fully saturated rings. The Hall–Kier alpha value is -1.14. The lowest BCUT2D eigenvalue weighted by atomic mass is 10.1. The van der Waals surface area contributed by atoms with Crippen molar-refractivity contribution in [2.45, 2.75) is 39.7 Å². The van der Waals surface area contributed by atoms with Gasteiger partial charge in [0.25, 0.3) is 0 Å². The highest BCUT2D eigenvalue weighted by atomic mass is 79.9. The maximum atomic E-state index is 12.1. The Kier molecular flexibility index (Phi) is 6.61. The second kappa shape index (κ2) is 7.75. The summed E-state index contributed by atoms with van der Waals surface area (Å²) in [4.78, 5) is 23.9. The number of carbonyl (C=O) groups excluding carboxylic acids is 2. The van der Waals surface area contributed by atoms with Crippen molar-refractivity contribution in [3.05, 3.63) is 32.4 Å². The summed E-state index contributed by atoms with van der Waals surface area (Å²) in [6.45, 7) is 7.58. The zero-order chi connectivity index (χ0) is 16.0. The lowest BCUT2D eigenvalue weighted by Gasteiger charge is -2.19. The Morgan fingerprint density at radius 3 is 2.62 bits per heavy atom. The zero-order valence-electron chi connectivity index (χ0n) is 12.6. The van der Waals surface area contributed by atoms with Crippen molar-refractivity contribution in [3.8, 4) is 0 Å². The molecule has 0 bridgehead atoms. The number of carbonyl (C=O) groups is 2. The molecule has 116 valence electrons. The molecular weight excluding hydrogens is 356 g/mol. The number of hydrogen-bond donors (Lipinski definition) is 0. The molecule has 0 radical (unpaired) electrons. The minimum absolute atomic E-state index is 0.342. The Morgan fingerprint density at radius 2 is 2.05 bits per heavy atom. The lowest BCUT2D eigenvalue weighted by Crippen LogP contribution is -2.23. The Labute approximate surface area is 137 Å². The summed E-state index contributed by atoms with van der Waals surface area (Å²) < 4.78 is 11.0. The number of thiophene rings is 1. The summed E-state index contributed by atoms with van der Waals surface area (Å²) in [5, 5.41) is 1.84. The highest BCUT2D eigenvalue weighted by molar-refractivity contribution is 9.10. The number of ether oxygens (including phenoxy) is 2. The van der Waals surface area contributed by atoms with Crippen molar-refractivity contribution in [1.82, 2.24) is 0 Å². The second-order valence-corrected chi connectivity index (χ2v) is 6.99. The van der Waals surface area contributed by atoms with E-state index in [9.17, 15) is 9.59 Å². The number of rotatable bonds is 5. The van der Waals surface area contributed by atoms with Gasteiger partial charge in [-0.25, -0.2) is 9.59 Å². The fraction of sp³-hybridized carbons (Fsp3) is 0.467. The SMILES string of the molecule is CCOC(=O)/C=C/Cc1c(Br)csc1C(=O)OC(C)(C)C. The van der Waals surface area contributed by atoms with Gasteiger partial charge in [0.15, 0.2) is 0 Å². The normalized spacial score (nSPS) is 11.7. The first-order valence-corrected chi connectivity index (χ1v) is 8.24. The second-order valence-electron chi connectivity index (χ2n) is 5.25. The molecule has 1 heterocycles. The summed E-state index contributed by atoms with van der Waals surface area (Å²) in [7, 11) is 0. The van der Waals surface area contributed by atoms with E-state index in [1.165, 1.54) is 17.4 Å². The third kappa shape index (κ3) is 6.01. The molecule has 0 amide bonds. The number of halogens is 1. The first kappa shape index (κ1) is 17.9. The maximum Gasteiger partial charge on any atom is 0.349 e. The van der Waals surface area contributed by atoms with Crippen LogP contribution in [-0.2, 0) is 20.7 Å². The third-order valence-corrected chi connectivity index (χ3v) is 4.30. The molecule has 0 unspecified atom stereocenters. The van der Waals surface area contributed by atoms with Crippen molar-refractivity contribution in [2.24, 2.45) is 0 Å². The van der Waals surface area contributed by atoms with Crippen LogP contribution in [0, 0.1) is 0 Å². The molecular formula is C15H19BrO4S. The van der Waals surface area contributed by atoms with Crippen LogP contribution in [0.3, 0.4) is 0 Å². The molecule has 0 aliphatic carbocycles. The number of allylic oxidation sites excluding steroid dienone is 1. The zero-order valence-corrected chi connectivity index (χ0v) is 15.0. The molecule has 0 saturated heterocycles. The van der Waals surface area contributed by atoms with Gasteiger partial charge < -0.3 is 9.47 Å². The van der Waals surface area contributed by atoms with E-state index in [1.807, 2.05) is 26.2 Å². The van der Waals surface area contributed by atoms with Crippen LogP contribution in [0.1, 0.15) is 42.9 Å². The lowest BCUT2D eigenvalue weighted by molar-refractivity contribution is -0.137. The molecule has 0 aromatic carbocycles. The van der Waals surface area contributed by atoms with Crippen LogP contribution in [0.4, 0.5) is 0 Å². The van der Waals surface area contributed by atoms with Crippen LogP contribution in [0.25, 0.3) is 0 Å². The largest absolute Gasteiger partial charge is 0.463 e. The van der Waals surface area contributed by atoms with Gasteiger partial charge >= 0.3 is 11.9 Å². The van der Waals surface area contributed by atoms with Crippen molar-refractivity contribution in [1.29, 1.82) is 0 Å². The number of esters is 2. The molecule has 1 aromatic heterocycles. The predicted molar refractivity (Wildman–Crippen MR) is 86.7 cm³/mol. The van der Waals surface area contributed by atoms with E-state index in [2.05, 4.69) is 15.9 Å². The van der Waals surface area contributed by atoms with E-state index < -0.39 is 5.60 Å². The highest BCUT2D eigenvalue weighted by Crippen LogP contribution is 2.30. The minimum atomic E-state index is -0.536. The van der Waals surface area contributed by atoms with Gasteiger partial charge in [-0.1, -0.05) is 6.08 Å². The summed E-state index contributed by atoms with van der Waals surface area (Å²) in [5.41, 5.74) is 0.279. The Bertz CT molecular complexity index is 540. The summed E-state index contributed by atoms with van der Waals surface area (Å²) in [5.74, 6) is -0.736. The molecule has 1 rings (SSSR count). The standard InChI is InChI=1S/C15H19BrO4S/c1-5-19-12(17)8-6-7-10-11(16)9-21-13(10)14(18)20-15(2,3)4/h6,8-9H,5,7H2,1-4H3/b8-6+. The van der Waals surface area contributed by atoms with E-state index >= 15 is 0 Å². The molecule has 0 spiro atoms. The van der Waals surface area contributed by atoms with Gasteiger partial charge in [0.2, 0.25) is 0 Å². The average molecular weight is 375 g/mol. The highest BCUT2D eigenvalue weighted by Gasteiger charge is 2.22. The molecule has 0 N–H and O–H groups in total. The molecule has 6 heteroatoms. The predicted octanol–water partition coefficient (Wildman–Crippen LogP) is 4.13. The van der Waals surface area contributed by atoms with Gasteiger partial charge in [0.05, 0.1) is 6.61 Å². The topological polar surface area (TPSA) is 52.6 Å². The van der Waals surface area contributed by atoms with Crippen LogP contribution < -0.4 is 0 Å². The third-order valence-electron chi connectivity index (χ3n) is 2.29. The molecule has 0 saturated carbocycles. The number of hydrogen-bond acceptors (Lipinski definition) is 5. The van der Waals surface area contributed by atoms with Crippen molar-refractivity contribution < 1.29 is 19.1 Å². The first-order chi connectivity index (χ1) is 9.74. The smallest absolute Gasteiger partial charge is 0.349 e. The fourth-order valence-corrected chi connectivity index (χ4v) is 3.12. The van der Waals surface area contributed by atoms with E-state index in [4.69, 9.17) is 9.47 Å². The van der Waals surface area contributed by atoms with E-state index in [-0.39, 0.29) is 11.9 Å². The van der Waals surface area contributed by atoms with Crippen molar-refractivity contribution in [2.75, 3.05) is 6.61 Å². The quantitative estimate of drug-likeness (QED) is 0.574. The molecule has 21 heavy (non-hydrogen) atoms. The average Bonchev–Trinajstić information content (AvgIpc) is 2.69. The molecule has 0 atom stereocenters. The summed E-state index contributed by atoms with van der Waals surface area (Å²) >= 11 is 4.74. The molecule has 0 aliphatic rings. The van der Waals surface area contributed by atoms with Crippen LogP contribution in [-0.4, -0.2) is 24.1 Å². The van der Waals surface area contributed by atoms with E-state index in [1.54, 1.807) is 13.0 Å². The van der Waals surface area contributed by atoms with Gasteiger partial charge in [-0.2, -0.15) is 0 Å². The molecule has 0 aliphatic heterocycles. The van der Waals surface area contributed by atoms with Gasteiger partial charge in [-0.3, -0.25) is 0 Å². The van der Waals surface area contributed by atoms with E-state index in [0.29, 0.717) is 17.9 Å². The summed E-state index contributed by atoms with van der Waals surface area (Å²) in [6, 6.07) is 0. The van der Waals surface area contributed by atoms with Crippen molar-refractivity contribution in [3.63, 3.8) is 0 Å². The van der Waals surface area contributed by atoms with E-state index in [0.717, 1.165) is 10.0 Å². The van der Waals surface area contributed by atoms with Crippen LogP contribution in [0.15, 0.2) is 22.0 Å². The van der Waals surface area contributed by atoms with Gasteiger partial charge in [-0.15, -0.1) is 11.3 Å². The molecule has 1 aromatic rings. The van der Waals surface area contributed by atoms with Gasteiger partial charge in [0, 0.05) is 15.9 Å². The minimum Gasteiger partial charge on any atom is -0.463 e. The van der Waals surface area contributed by atoms with Crippen molar-refractivity contribution >= 4 is 39.2 Å². The van der Waals surface area contributed by atoms with Gasteiger partial charge in [0.1, 0.15) is 10.5 Å². The van der Waals surface area contributed by atoms with Crippen LogP contribution in [0.5, 0.6) is 0 Å². The Morgan fingerprint density at radius 1 is 1.38 bits per heavy atom. The van der Waals surface area contributed by atoms with Gasteiger partial charge in [-0.05, 0) is 55.6 Å².